The van der Waals surface area contributed by atoms with Crippen LogP contribution in [0.25, 0.3) is 10.9 Å². The molecule has 3 aromatic rings. The number of likely N-dealkylation sites (tertiary alicyclic amines) is 1. The van der Waals surface area contributed by atoms with E-state index in [0.29, 0.717) is 36.0 Å². The average Bonchev–Trinajstić information content (AvgIpc) is 3.38. The van der Waals surface area contributed by atoms with Crippen molar-refractivity contribution in [2.45, 2.75) is 37.3 Å². The number of benzene rings is 2. The average molecular weight is 421 g/mol. The summed E-state index contributed by atoms with van der Waals surface area (Å²) in [5.74, 6) is 0.183. The normalized spacial score (nSPS) is 23.4. The van der Waals surface area contributed by atoms with Crippen molar-refractivity contribution >= 4 is 22.7 Å². The van der Waals surface area contributed by atoms with E-state index in [2.05, 4.69) is 10.3 Å². The van der Waals surface area contributed by atoms with Crippen LogP contribution in [0, 0.1) is 5.82 Å². The maximum absolute atomic E-state index is 14.2. The third-order valence-electron chi connectivity index (χ3n) is 6.58. The van der Waals surface area contributed by atoms with Crippen LogP contribution in [0.5, 0.6) is 5.75 Å². The Bertz CT molecular complexity index is 1160. The standard InChI is InChI=1S/C24H24FN3O3/c1-31-16-8-6-15(7-9-16)22-24(12-10-21(29)27-24)11-3-13-28(22)23(30)20-14-17-18(25)4-2-5-19(17)26-20/h2,4-9,14,22,26H,3,10-13H2,1H3,(H,27,29)/t22-,24+/m1/s1. The molecule has 2 aliphatic rings. The number of carbonyl (C=O) groups is 2. The van der Waals surface area contributed by atoms with Crippen LogP contribution in [0.2, 0.25) is 0 Å². The molecule has 2 aliphatic heterocycles. The SMILES string of the molecule is COc1ccc([C@H]2N(C(=O)c3cc4c(F)cccc4[nH]3)CCC[C@]23CCC(=O)N3)cc1. The summed E-state index contributed by atoms with van der Waals surface area (Å²) < 4.78 is 19.5. The fraction of sp³-hybridized carbons (Fsp3) is 0.333. The maximum atomic E-state index is 14.2. The van der Waals surface area contributed by atoms with Gasteiger partial charge in [0.2, 0.25) is 5.91 Å². The number of fused-ring (bicyclic) bond motifs is 1. The third-order valence-corrected chi connectivity index (χ3v) is 6.58. The Morgan fingerprint density at radius 2 is 2.00 bits per heavy atom. The van der Waals surface area contributed by atoms with Crippen molar-refractivity contribution < 1.29 is 18.7 Å². The monoisotopic (exact) mass is 421 g/mol. The van der Waals surface area contributed by atoms with Gasteiger partial charge in [0.1, 0.15) is 17.3 Å². The van der Waals surface area contributed by atoms with Gasteiger partial charge in [-0.15, -0.1) is 0 Å². The quantitative estimate of drug-likeness (QED) is 0.673. The molecular weight excluding hydrogens is 397 g/mol. The lowest BCUT2D eigenvalue weighted by atomic mass is 9.76. The molecule has 2 atom stereocenters. The van der Waals surface area contributed by atoms with Crippen molar-refractivity contribution in [1.29, 1.82) is 0 Å². The molecule has 0 aliphatic carbocycles. The zero-order valence-corrected chi connectivity index (χ0v) is 17.3. The van der Waals surface area contributed by atoms with Crippen LogP contribution in [-0.4, -0.2) is 40.9 Å². The number of piperidine rings is 1. The summed E-state index contributed by atoms with van der Waals surface area (Å²) in [5.41, 5.74) is 1.38. The molecule has 0 radical (unpaired) electrons. The van der Waals surface area contributed by atoms with Gasteiger partial charge in [-0.3, -0.25) is 9.59 Å². The predicted molar refractivity (Wildman–Crippen MR) is 114 cm³/mol. The molecule has 2 saturated heterocycles. The molecule has 0 unspecified atom stereocenters. The first-order valence-electron chi connectivity index (χ1n) is 10.5. The van der Waals surface area contributed by atoms with Gasteiger partial charge in [0.05, 0.1) is 18.7 Å². The van der Waals surface area contributed by atoms with E-state index in [1.54, 1.807) is 25.3 Å². The number of carbonyl (C=O) groups excluding carboxylic acids is 2. The Morgan fingerprint density at radius 3 is 2.68 bits per heavy atom. The second kappa shape index (κ2) is 7.41. The first-order valence-corrected chi connectivity index (χ1v) is 10.5. The van der Waals surface area contributed by atoms with Crippen LogP contribution in [-0.2, 0) is 4.79 Å². The molecule has 5 rings (SSSR count). The summed E-state index contributed by atoms with van der Waals surface area (Å²) in [6, 6.07) is 13.7. The molecule has 2 aromatic carbocycles. The van der Waals surface area contributed by atoms with Crippen LogP contribution in [0.3, 0.4) is 0 Å². The highest BCUT2D eigenvalue weighted by Gasteiger charge is 2.51. The Morgan fingerprint density at radius 1 is 1.19 bits per heavy atom. The smallest absolute Gasteiger partial charge is 0.270 e. The lowest BCUT2D eigenvalue weighted by Gasteiger charge is -2.48. The number of rotatable bonds is 3. The van der Waals surface area contributed by atoms with E-state index in [9.17, 15) is 14.0 Å². The van der Waals surface area contributed by atoms with Crippen molar-refractivity contribution in [3.05, 3.63) is 65.6 Å². The molecule has 7 heteroatoms. The molecule has 6 nitrogen and oxygen atoms in total. The molecule has 1 aromatic heterocycles. The number of hydrogen-bond acceptors (Lipinski definition) is 3. The van der Waals surface area contributed by atoms with Gasteiger partial charge in [-0.05, 0) is 55.2 Å². The van der Waals surface area contributed by atoms with Gasteiger partial charge >= 0.3 is 0 Å². The molecule has 31 heavy (non-hydrogen) atoms. The number of nitrogens with zero attached hydrogens (tertiary/aromatic N) is 1. The molecule has 160 valence electrons. The highest BCUT2D eigenvalue weighted by Crippen LogP contribution is 2.45. The van der Waals surface area contributed by atoms with Gasteiger partial charge in [-0.25, -0.2) is 4.39 Å². The number of amides is 2. The third kappa shape index (κ3) is 3.24. The number of ether oxygens (including phenoxy) is 1. The molecule has 2 N–H and O–H groups in total. The Labute approximate surface area is 179 Å². The molecule has 1 spiro atoms. The summed E-state index contributed by atoms with van der Waals surface area (Å²) in [6.07, 6.45) is 2.72. The van der Waals surface area contributed by atoms with Crippen molar-refractivity contribution in [3.63, 3.8) is 0 Å². The lowest BCUT2D eigenvalue weighted by Crippen LogP contribution is -2.58. The highest BCUT2D eigenvalue weighted by molar-refractivity contribution is 5.98. The Balaban J connectivity index is 1.57. The van der Waals surface area contributed by atoms with E-state index in [1.807, 2.05) is 29.2 Å². The molecule has 3 heterocycles. The van der Waals surface area contributed by atoms with Gasteiger partial charge in [-0.1, -0.05) is 18.2 Å². The number of aromatic nitrogens is 1. The van der Waals surface area contributed by atoms with Gasteiger partial charge in [0.15, 0.2) is 0 Å². The summed E-state index contributed by atoms with van der Waals surface area (Å²) >= 11 is 0. The number of methoxy groups -OCH3 is 1. The molecule has 0 bridgehead atoms. The van der Waals surface area contributed by atoms with Gasteiger partial charge in [0, 0.05) is 23.9 Å². The first kappa shape index (κ1) is 19.6. The number of H-pyrrole nitrogens is 1. The van der Waals surface area contributed by atoms with E-state index in [4.69, 9.17) is 4.74 Å². The minimum Gasteiger partial charge on any atom is -0.497 e. The number of aromatic amines is 1. The number of nitrogens with one attached hydrogen (secondary N) is 2. The lowest BCUT2D eigenvalue weighted by molar-refractivity contribution is -0.120. The highest BCUT2D eigenvalue weighted by atomic mass is 19.1. The first-order chi connectivity index (χ1) is 15.0. The van der Waals surface area contributed by atoms with E-state index in [1.165, 1.54) is 6.07 Å². The number of halogens is 1. The Hall–Kier alpha value is -3.35. The van der Waals surface area contributed by atoms with E-state index in [-0.39, 0.29) is 23.7 Å². The van der Waals surface area contributed by atoms with Crippen molar-refractivity contribution in [2.24, 2.45) is 0 Å². The predicted octanol–water partition coefficient (Wildman–Crippen LogP) is 3.94. The minimum atomic E-state index is -0.503. The van der Waals surface area contributed by atoms with Crippen LogP contribution in [0.1, 0.15) is 47.8 Å². The minimum absolute atomic E-state index is 0.0143. The second-order valence-electron chi connectivity index (χ2n) is 8.37. The zero-order valence-electron chi connectivity index (χ0n) is 17.3. The molecule has 2 amide bonds. The fourth-order valence-electron chi connectivity index (χ4n) is 5.15. The summed E-state index contributed by atoms with van der Waals surface area (Å²) in [4.78, 5) is 30.7. The molecule has 2 fully saturated rings. The summed E-state index contributed by atoms with van der Waals surface area (Å²) in [5, 5.41) is 3.58. The van der Waals surface area contributed by atoms with Crippen LogP contribution in [0.4, 0.5) is 4.39 Å². The van der Waals surface area contributed by atoms with E-state index in [0.717, 1.165) is 24.2 Å². The second-order valence-corrected chi connectivity index (χ2v) is 8.37. The topological polar surface area (TPSA) is 74.4 Å². The van der Waals surface area contributed by atoms with Gasteiger partial charge < -0.3 is 19.9 Å². The van der Waals surface area contributed by atoms with Crippen molar-refractivity contribution in [2.75, 3.05) is 13.7 Å². The van der Waals surface area contributed by atoms with Crippen LogP contribution in [0.15, 0.2) is 48.5 Å². The molecular formula is C24H24FN3O3. The van der Waals surface area contributed by atoms with Crippen molar-refractivity contribution in [3.8, 4) is 5.75 Å². The van der Waals surface area contributed by atoms with Crippen molar-refractivity contribution in [1.82, 2.24) is 15.2 Å². The summed E-state index contributed by atoms with van der Waals surface area (Å²) in [7, 11) is 1.61. The largest absolute Gasteiger partial charge is 0.497 e. The Kier molecular flexibility index (Phi) is 4.68. The summed E-state index contributed by atoms with van der Waals surface area (Å²) in [6.45, 7) is 0.561. The zero-order chi connectivity index (χ0) is 21.6. The van der Waals surface area contributed by atoms with E-state index >= 15 is 0 Å². The van der Waals surface area contributed by atoms with Gasteiger partial charge in [-0.2, -0.15) is 0 Å². The fourth-order valence-corrected chi connectivity index (χ4v) is 5.15. The van der Waals surface area contributed by atoms with E-state index < -0.39 is 5.54 Å². The van der Waals surface area contributed by atoms with Gasteiger partial charge in [0.25, 0.3) is 5.91 Å². The maximum Gasteiger partial charge on any atom is 0.270 e. The number of hydrogen-bond donors (Lipinski definition) is 2. The molecule has 0 saturated carbocycles. The van der Waals surface area contributed by atoms with Crippen LogP contribution < -0.4 is 10.1 Å². The van der Waals surface area contributed by atoms with Crippen LogP contribution >= 0.6 is 0 Å².